The number of nitro benzene ring substituents is 1. The number of anilines is 2. The minimum absolute atomic E-state index is 0.0302. The number of rotatable bonds is 4. The first-order chi connectivity index (χ1) is 18.7. The minimum atomic E-state index is -2.71. The summed E-state index contributed by atoms with van der Waals surface area (Å²) >= 11 is 3.61. The van der Waals surface area contributed by atoms with E-state index in [2.05, 4.69) is 87.6 Å². The van der Waals surface area contributed by atoms with Gasteiger partial charge in [-0.3, -0.25) is 10.1 Å². The van der Waals surface area contributed by atoms with Crippen LogP contribution in [0.15, 0.2) is 98.1 Å². The number of hydrogen-bond donors (Lipinski definition) is 0. The number of allylic oxidation sites excluding steroid dienone is 2. The van der Waals surface area contributed by atoms with Gasteiger partial charge in [0.2, 0.25) is 0 Å². The molecule has 0 spiro atoms. The maximum Gasteiger partial charge on any atom is 0.270 e. The minimum Gasteiger partial charge on any atom is -0.346 e. The standard InChI is InChI=1S/C29H30BrN6O2P/c1-29(2)23-13-7-8-14-26(23)33(3)28(29)27-20-31-35(21-11-5-4-6-12-21)39(27,34-17-9-10-18-34)32-25-16-15-22(36(37)38)19-24(25)30/h4-8,11-16,19-20H,9-10,17-18H2,1-3H3/b28-27-. The van der Waals surface area contributed by atoms with Crippen molar-refractivity contribution >= 4 is 52.2 Å². The second kappa shape index (κ2) is 9.73. The van der Waals surface area contributed by atoms with Crippen molar-refractivity contribution in [3.8, 4) is 0 Å². The first-order valence-electron chi connectivity index (χ1n) is 13.0. The molecule has 3 aliphatic rings. The number of hydrogen-bond acceptors (Lipinski definition) is 5. The molecule has 0 radical (unpaired) electrons. The van der Waals surface area contributed by atoms with E-state index >= 15 is 0 Å². The molecule has 0 aromatic heterocycles. The summed E-state index contributed by atoms with van der Waals surface area (Å²) in [6.07, 6.45) is 4.19. The van der Waals surface area contributed by atoms with E-state index in [0.717, 1.165) is 36.9 Å². The van der Waals surface area contributed by atoms with Gasteiger partial charge in [-0.15, -0.1) is 0 Å². The second-order valence-corrected chi connectivity index (χ2v) is 14.1. The molecule has 10 heteroatoms. The summed E-state index contributed by atoms with van der Waals surface area (Å²) in [4.78, 5) is 13.4. The van der Waals surface area contributed by atoms with Gasteiger partial charge in [0.1, 0.15) is 0 Å². The Morgan fingerprint density at radius 3 is 2.38 bits per heavy atom. The zero-order valence-electron chi connectivity index (χ0n) is 22.2. The summed E-state index contributed by atoms with van der Waals surface area (Å²) in [6.45, 7) is 6.36. The fourth-order valence-electron chi connectivity index (χ4n) is 6.06. The number of para-hydroxylation sites is 2. The van der Waals surface area contributed by atoms with Gasteiger partial charge in [0, 0.05) is 49.1 Å². The number of nitro groups is 1. The molecular weight excluding hydrogens is 575 g/mol. The van der Waals surface area contributed by atoms with E-state index in [1.54, 1.807) is 6.07 Å². The third-order valence-corrected chi connectivity index (χ3v) is 12.0. The van der Waals surface area contributed by atoms with Gasteiger partial charge in [-0.1, -0.05) is 50.2 Å². The number of likely N-dealkylation sites (N-methyl/N-ethyl adjacent to an activating group) is 1. The Hall–Kier alpha value is -3.26. The third-order valence-electron chi connectivity index (χ3n) is 7.84. The van der Waals surface area contributed by atoms with E-state index < -0.39 is 7.36 Å². The van der Waals surface area contributed by atoms with Crippen LogP contribution in [0.5, 0.6) is 0 Å². The number of benzene rings is 3. The third kappa shape index (κ3) is 4.06. The highest BCUT2D eigenvalue weighted by Gasteiger charge is 2.50. The first kappa shape index (κ1) is 26.0. The van der Waals surface area contributed by atoms with Crippen LogP contribution in [0.3, 0.4) is 0 Å². The van der Waals surface area contributed by atoms with Crippen molar-refractivity contribution in [2.45, 2.75) is 32.1 Å². The van der Waals surface area contributed by atoms with E-state index in [-0.39, 0.29) is 16.0 Å². The van der Waals surface area contributed by atoms with E-state index in [0.29, 0.717) is 10.2 Å². The smallest absolute Gasteiger partial charge is 0.270 e. The van der Waals surface area contributed by atoms with Gasteiger partial charge in [-0.25, -0.2) is 14.2 Å². The van der Waals surface area contributed by atoms with E-state index in [4.69, 9.17) is 9.85 Å². The Bertz CT molecular complexity index is 1580. The van der Waals surface area contributed by atoms with Crippen molar-refractivity contribution in [1.82, 2.24) is 4.67 Å². The van der Waals surface area contributed by atoms with Crippen molar-refractivity contribution < 1.29 is 4.92 Å². The molecule has 3 heterocycles. The van der Waals surface area contributed by atoms with Crippen LogP contribution in [0.4, 0.5) is 22.7 Å². The molecule has 1 atom stereocenters. The highest BCUT2D eigenvalue weighted by molar-refractivity contribution is 9.10. The molecule has 3 aromatic carbocycles. The first-order valence-corrected chi connectivity index (χ1v) is 15.5. The normalized spacial score (nSPS) is 23.9. The average molecular weight is 605 g/mol. The quantitative estimate of drug-likeness (QED) is 0.170. The molecule has 0 N–H and O–H groups in total. The number of nitrogens with zero attached hydrogens (tertiary/aromatic N) is 6. The second-order valence-electron chi connectivity index (χ2n) is 10.5. The molecule has 39 heavy (non-hydrogen) atoms. The fourth-order valence-corrected chi connectivity index (χ4v) is 10.6. The predicted octanol–water partition coefficient (Wildman–Crippen LogP) is 8.26. The molecular formula is C29H30BrN6O2P. The van der Waals surface area contributed by atoms with Crippen LogP contribution in [-0.2, 0) is 5.41 Å². The topological polar surface area (TPSA) is 77.6 Å². The molecule has 8 nitrogen and oxygen atoms in total. The van der Waals surface area contributed by atoms with Crippen LogP contribution >= 0.6 is 23.3 Å². The van der Waals surface area contributed by atoms with Gasteiger partial charge in [0.25, 0.3) is 5.69 Å². The predicted molar refractivity (Wildman–Crippen MR) is 163 cm³/mol. The lowest BCUT2D eigenvalue weighted by Gasteiger charge is -2.39. The summed E-state index contributed by atoms with van der Waals surface area (Å²) in [5, 5.41) is 17.7. The summed E-state index contributed by atoms with van der Waals surface area (Å²) in [5.41, 5.74) is 5.07. The van der Waals surface area contributed by atoms with Crippen molar-refractivity contribution in [3.05, 3.63) is 104 Å². The monoisotopic (exact) mass is 604 g/mol. The molecule has 1 fully saturated rings. The Morgan fingerprint density at radius 2 is 1.72 bits per heavy atom. The van der Waals surface area contributed by atoms with Crippen LogP contribution in [0.25, 0.3) is 0 Å². The van der Waals surface area contributed by atoms with Gasteiger partial charge in [0.05, 0.1) is 32.3 Å². The van der Waals surface area contributed by atoms with Gasteiger partial charge in [0.15, 0.2) is 7.36 Å². The molecule has 0 aliphatic carbocycles. The molecule has 3 aromatic rings. The SMILES string of the molecule is CN1/C(=C2/C=NN(c3ccccc3)P2(=Nc2ccc([N+](=O)[O-])cc2Br)N2CCCC2)C(C)(C)c2ccccc21. The van der Waals surface area contributed by atoms with Crippen LogP contribution < -0.4 is 9.68 Å². The molecule has 1 unspecified atom stereocenters. The maximum atomic E-state index is 11.5. The maximum absolute atomic E-state index is 11.5. The summed E-state index contributed by atoms with van der Waals surface area (Å²) < 4.78 is 10.8. The molecule has 0 amide bonds. The highest BCUT2D eigenvalue weighted by Crippen LogP contribution is 2.71. The van der Waals surface area contributed by atoms with E-state index in [1.165, 1.54) is 29.1 Å². The summed E-state index contributed by atoms with van der Waals surface area (Å²) in [7, 11) is -0.577. The van der Waals surface area contributed by atoms with Crippen molar-refractivity contribution in [3.63, 3.8) is 0 Å². The number of non-ortho nitro benzene ring substituents is 1. The van der Waals surface area contributed by atoms with E-state index in [9.17, 15) is 10.1 Å². The lowest BCUT2D eigenvalue weighted by molar-refractivity contribution is -0.384. The molecule has 6 rings (SSSR count). The number of hydrazone groups is 1. The molecule has 1 saturated heterocycles. The van der Waals surface area contributed by atoms with Gasteiger partial charge < -0.3 is 4.90 Å². The Morgan fingerprint density at radius 1 is 1.03 bits per heavy atom. The number of halogens is 1. The van der Waals surface area contributed by atoms with Crippen LogP contribution in [-0.4, -0.2) is 35.9 Å². The van der Waals surface area contributed by atoms with Crippen molar-refractivity contribution in [2.24, 2.45) is 9.85 Å². The van der Waals surface area contributed by atoms with Crippen LogP contribution in [0.2, 0.25) is 0 Å². The zero-order chi connectivity index (χ0) is 27.4. The largest absolute Gasteiger partial charge is 0.346 e. The fraction of sp³-hybridized carbons (Fsp3) is 0.276. The Labute approximate surface area is 237 Å². The molecule has 0 saturated carbocycles. The van der Waals surface area contributed by atoms with Gasteiger partial charge in [-0.05, 0) is 58.6 Å². The lowest BCUT2D eigenvalue weighted by Crippen LogP contribution is -2.30. The zero-order valence-corrected chi connectivity index (χ0v) is 24.6. The Balaban J connectivity index is 1.69. The van der Waals surface area contributed by atoms with Crippen molar-refractivity contribution in [1.29, 1.82) is 0 Å². The van der Waals surface area contributed by atoms with E-state index in [1.807, 2.05) is 24.4 Å². The van der Waals surface area contributed by atoms with Gasteiger partial charge in [-0.2, -0.15) is 5.10 Å². The lowest BCUT2D eigenvalue weighted by atomic mass is 9.84. The van der Waals surface area contributed by atoms with Crippen LogP contribution in [0.1, 0.15) is 32.3 Å². The number of fused-ring (bicyclic) bond motifs is 1. The summed E-state index contributed by atoms with van der Waals surface area (Å²) in [5.74, 6) is 0. The Kier molecular flexibility index (Phi) is 6.49. The molecule has 200 valence electrons. The summed E-state index contributed by atoms with van der Waals surface area (Å²) in [6, 6.07) is 23.6. The molecule has 0 bridgehead atoms. The van der Waals surface area contributed by atoms with Gasteiger partial charge >= 0.3 is 0 Å². The average Bonchev–Trinajstić information content (AvgIpc) is 3.63. The highest BCUT2D eigenvalue weighted by atomic mass is 79.9. The van der Waals surface area contributed by atoms with Crippen LogP contribution in [0, 0.1) is 10.1 Å². The molecule has 3 aliphatic heterocycles. The van der Waals surface area contributed by atoms with Crippen molar-refractivity contribution in [2.75, 3.05) is 29.8 Å².